The molecule has 0 bridgehead atoms. The van der Waals surface area contributed by atoms with E-state index in [1.165, 1.54) is 13.2 Å². The molecule has 1 unspecified atom stereocenters. The molecule has 0 saturated heterocycles. The number of hydrogen-bond donors (Lipinski definition) is 1. The van der Waals surface area contributed by atoms with E-state index in [2.05, 4.69) is 21.0 Å². The van der Waals surface area contributed by atoms with Crippen molar-refractivity contribution in [2.24, 2.45) is 15.8 Å². The van der Waals surface area contributed by atoms with E-state index in [1.54, 1.807) is 6.07 Å². The maximum Gasteiger partial charge on any atom is 0.416 e. The zero-order valence-corrected chi connectivity index (χ0v) is 20.6. The van der Waals surface area contributed by atoms with Crippen molar-refractivity contribution in [2.45, 2.75) is 32.6 Å². The SMILES string of the molecule is CCCOc1cc(C(F)(F)F)ccc1C1=NCC2N(CC)N=C(N)N2c2cc(Br)cc(OC)c21. The largest absolute Gasteiger partial charge is 0.496 e. The van der Waals surface area contributed by atoms with E-state index in [0.717, 1.165) is 16.6 Å². The standard InChI is InChI=1S/C23H25BrF3N5O2/c1-4-8-34-17-9-13(23(25,26)27)6-7-15(17)21-20-16(10-14(24)11-18(20)33-3)32-19(12-29-21)31(5-2)30-22(32)28/h6-7,9-11,19H,4-5,8,12H2,1-3H3,(H2,28,30). The first-order chi connectivity index (χ1) is 16.2. The molecular weight excluding hydrogens is 515 g/mol. The molecule has 0 aliphatic carbocycles. The topological polar surface area (TPSA) is 75.7 Å². The molecule has 0 spiro atoms. The molecule has 0 aromatic heterocycles. The van der Waals surface area contributed by atoms with E-state index in [0.29, 0.717) is 47.2 Å². The van der Waals surface area contributed by atoms with Gasteiger partial charge in [-0.3, -0.25) is 14.9 Å². The van der Waals surface area contributed by atoms with Gasteiger partial charge in [-0.1, -0.05) is 22.9 Å². The van der Waals surface area contributed by atoms with Crippen molar-refractivity contribution in [3.63, 3.8) is 0 Å². The Morgan fingerprint density at radius 1 is 1.18 bits per heavy atom. The van der Waals surface area contributed by atoms with Crippen LogP contribution in [0.15, 0.2) is 44.9 Å². The number of methoxy groups -OCH3 is 1. The molecule has 2 aliphatic rings. The fourth-order valence-electron chi connectivity index (χ4n) is 4.13. The number of aliphatic imine (C=N–C) groups is 1. The number of anilines is 1. The molecule has 0 saturated carbocycles. The van der Waals surface area contributed by atoms with Gasteiger partial charge >= 0.3 is 6.18 Å². The number of hydrogen-bond acceptors (Lipinski definition) is 7. The zero-order valence-electron chi connectivity index (χ0n) is 19.0. The number of hydrazone groups is 1. The van der Waals surface area contributed by atoms with Crippen LogP contribution in [0.1, 0.15) is 37.0 Å². The van der Waals surface area contributed by atoms with Crippen LogP contribution in [0.4, 0.5) is 18.9 Å². The van der Waals surface area contributed by atoms with E-state index < -0.39 is 11.7 Å². The van der Waals surface area contributed by atoms with Crippen molar-refractivity contribution < 1.29 is 22.6 Å². The van der Waals surface area contributed by atoms with Gasteiger partial charge in [0.2, 0.25) is 5.96 Å². The van der Waals surface area contributed by atoms with Crippen molar-refractivity contribution >= 4 is 33.3 Å². The number of benzene rings is 2. The molecule has 2 aromatic rings. The monoisotopic (exact) mass is 539 g/mol. The second-order valence-corrected chi connectivity index (χ2v) is 8.73. The zero-order chi connectivity index (χ0) is 24.6. The van der Waals surface area contributed by atoms with Crippen LogP contribution in [0.5, 0.6) is 11.5 Å². The van der Waals surface area contributed by atoms with Crippen molar-refractivity contribution in [3.05, 3.63) is 51.5 Å². The molecule has 0 fully saturated rings. The molecule has 7 nitrogen and oxygen atoms in total. The Balaban J connectivity index is 1.96. The number of halogens is 4. The van der Waals surface area contributed by atoms with E-state index in [1.807, 2.05) is 29.8 Å². The van der Waals surface area contributed by atoms with Crippen LogP contribution < -0.4 is 20.1 Å². The molecule has 0 amide bonds. The maximum absolute atomic E-state index is 13.5. The van der Waals surface area contributed by atoms with E-state index in [9.17, 15) is 13.2 Å². The van der Waals surface area contributed by atoms with Crippen LogP contribution in [-0.4, -0.2) is 49.7 Å². The fourth-order valence-corrected chi connectivity index (χ4v) is 4.55. The minimum atomic E-state index is -4.50. The molecular formula is C23H25BrF3N5O2. The molecule has 182 valence electrons. The summed E-state index contributed by atoms with van der Waals surface area (Å²) in [6.45, 7) is 5.02. The van der Waals surface area contributed by atoms with Crippen LogP contribution >= 0.6 is 15.9 Å². The van der Waals surface area contributed by atoms with Gasteiger partial charge in [-0.05, 0) is 43.7 Å². The molecule has 0 radical (unpaired) electrons. The first-order valence-electron chi connectivity index (χ1n) is 10.9. The lowest BCUT2D eigenvalue weighted by molar-refractivity contribution is -0.137. The molecule has 34 heavy (non-hydrogen) atoms. The Morgan fingerprint density at radius 3 is 2.59 bits per heavy atom. The minimum absolute atomic E-state index is 0.113. The Morgan fingerprint density at radius 2 is 1.94 bits per heavy atom. The van der Waals surface area contributed by atoms with Crippen molar-refractivity contribution in [3.8, 4) is 11.5 Å². The third kappa shape index (κ3) is 4.28. The number of guanidine groups is 1. The predicted molar refractivity (Wildman–Crippen MR) is 129 cm³/mol. The van der Waals surface area contributed by atoms with E-state index >= 15 is 0 Å². The summed E-state index contributed by atoms with van der Waals surface area (Å²) in [5.41, 5.74) is 7.73. The van der Waals surface area contributed by atoms with E-state index in [-0.39, 0.29) is 25.1 Å². The lowest BCUT2D eigenvalue weighted by atomic mass is 9.97. The Kier molecular flexibility index (Phi) is 6.66. The van der Waals surface area contributed by atoms with Crippen LogP contribution in [0, 0.1) is 0 Å². The molecule has 4 rings (SSSR count). The molecule has 2 aromatic carbocycles. The number of nitrogens with two attached hydrogens (primary N) is 1. The van der Waals surface area contributed by atoms with E-state index in [4.69, 9.17) is 20.2 Å². The summed E-state index contributed by atoms with van der Waals surface area (Å²) in [7, 11) is 1.53. The van der Waals surface area contributed by atoms with Gasteiger partial charge in [-0.25, -0.2) is 0 Å². The predicted octanol–water partition coefficient (Wildman–Crippen LogP) is 4.81. The summed E-state index contributed by atoms with van der Waals surface area (Å²) in [5, 5.41) is 6.28. The van der Waals surface area contributed by atoms with Gasteiger partial charge in [0, 0.05) is 16.6 Å². The van der Waals surface area contributed by atoms with Gasteiger partial charge in [0.15, 0.2) is 0 Å². The van der Waals surface area contributed by atoms with Crippen molar-refractivity contribution in [1.82, 2.24) is 5.01 Å². The first-order valence-corrected chi connectivity index (χ1v) is 11.7. The summed E-state index contributed by atoms with van der Waals surface area (Å²) in [4.78, 5) is 6.73. The first kappa shape index (κ1) is 24.2. The van der Waals surface area contributed by atoms with Crippen LogP contribution in [-0.2, 0) is 6.18 Å². The second kappa shape index (κ2) is 9.36. The fraction of sp³-hybridized carbons (Fsp3) is 0.391. The number of fused-ring (bicyclic) bond motifs is 3. The third-order valence-corrected chi connectivity index (χ3v) is 6.10. The van der Waals surface area contributed by atoms with Gasteiger partial charge in [0.25, 0.3) is 0 Å². The number of ether oxygens (including phenoxy) is 2. The maximum atomic E-state index is 13.5. The number of likely N-dealkylation sites (N-methyl/N-ethyl adjacent to an activating group) is 1. The lowest BCUT2D eigenvalue weighted by Gasteiger charge is -2.29. The quantitative estimate of drug-likeness (QED) is 0.569. The Bertz CT molecular complexity index is 1150. The van der Waals surface area contributed by atoms with Crippen molar-refractivity contribution in [2.75, 3.05) is 31.7 Å². The van der Waals surface area contributed by atoms with Crippen molar-refractivity contribution in [1.29, 1.82) is 0 Å². The number of alkyl halides is 3. The van der Waals surface area contributed by atoms with Gasteiger partial charge in [0.1, 0.15) is 17.7 Å². The molecule has 2 N–H and O–H groups in total. The lowest BCUT2D eigenvalue weighted by Crippen LogP contribution is -2.46. The average Bonchev–Trinajstić information content (AvgIpc) is 3.02. The smallest absolute Gasteiger partial charge is 0.416 e. The summed E-state index contributed by atoms with van der Waals surface area (Å²) in [6, 6.07) is 7.14. The third-order valence-electron chi connectivity index (χ3n) is 5.64. The summed E-state index contributed by atoms with van der Waals surface area (Å²) in [6.07, 6.45) is -4.14. The van der Waals surface area contributed by atoms with Crippen LogP contribution in [0.25, 0.3) is 0 Å². The van der Waals surface area contributed by atoms with Crippen LogP contribution in [0.3, 0.4) is 0 Å². The molecule has 2 heterocycles. The second-order valence-electron chi connectivity index (χ2n) is 7.81. The molecule has 2 aliphatic heterocycles. The Hall–Kier alpha value is -2.95. The number of rotatable bonds is 6. The summed E-state index contributed by atoms with van der Waals surface area (Å²) >= 11 is 3.52. The molecule has 11 heteroatoms. The van der Waals surface area contributed by atoms with Gasteiger partial charge < -0.3 is 15.2 Å². The summed E-state index contributed by atoms with van der Waals surface area (Å²) < 4.78 is 52.6. The van der Waals surface area contributed by atoms with Crippen LogP contribution in [0.2, 0.25) is 0 Å². The highest BCUT2D eigenvalue weighted by Crippen LogP contribution is 2.42. The Labute approximate surface area is 204 Å². The highest BCUT2D eigenvalue weighted by atomic mass is 79.9. The highest BCUT2D eigenvalue weighted by molar-refractivity contribution is 9.10. The average molecular weight is 540 g/mol. The van der Waals surface area contributed by atoms with Gasteiger partial charge in [-0.15, -0.1) is 5.10 Å². The summed E-state index contributed by atoms with van der Waals surface area (Å²) in [5.74, 6) is 0.912. The molecule has 1 atom stereocenters. The van der Waals surface area contributed by atoms with Gasteiger partial charge in [0.05, 0.1) is 42.8 Å². The number of nitrogens with zero attached hydrogens (tertiary/aromatic N) is 4. The van der Waals surface area contributed by atoms with Gasteiger partial charge in [-0.2, -0.15) is 13.2 Å². The normalized spacial score (nSPS) is 17.6. The highest BCUT2D eigenvalue weighted by Gasteiger charge is 2.39. The minimum Gasteiger partial charge on any atom is -0.496 e.